The summed E-state index contributed by atoms with van der Waals surface area (Å²) in [6.45, 7) is 0. The van der Waals surface area contributed by atoms with Crippen molar-refractivity contribution in [3.05, 3.63) is 54.1 Å². The Hall–Kier alpha value is -3.33. The fourth-order valence-corrected chi connectivity index (χ4v) is 2.73. The molecule has 0 fully saturated rings. The molecule has 3 aromatic rings. The fourth-order valence-electron chi connectivity index (χ4n) is 2.16. The van der Waals surface area contributed by atoms with E-state index < -0.39 is 5.97 Å². The molecule has 1 aromatic heterocycles. The Kier molecular flexibility index (Phi) is 5.72. The Morgan fingerprint density at radius 1 is 1.15 bits per heavy atom. The van der Waals surface area contributed by atoms with Gasteiger partial charge in [0.05, 0.1) is 24.0 Å². The molecule has 138 valence electrons. The van der Waals surface area contributed by atoms with Gasteiger partial charge in [0.1, 0.15) is 5.75 Å². The van der Waals surface area contributed by atoms with Gasteiger partial charge in [-0.05, 0) is 36.4 Å². The highest BCUT2D eigenvalue weighted by atomic mass is 32.2. The second-order valence-corrected chi connectivity index (χ2v) is 6.22. The van der Waals surface area contributed by atoms with Crippen molar-refractivity contribution in [2.24, 2.45) is 0 Å². The minimum Gasteiger partial charge on any atom is -0.507 e. The normalized spacial score (nSPS) is 10.4. The number of aromatic hydroxyl groups is 1. The van der Waals surface area contributed by atoms with Crippen LogP contribution in [0.3, 0.4) is 0 Å². The third-order valence-corrected chi connectivity index (χ3v) is 4.28. The maximum Gasteiger partial charge on any atom is 0.337 e. The van der Waals surface area contributed by atoms with Crippen LogP contribution in [-0.4, -0.2) is 40.0 Å². The number of amides is 1. The molecule has 0 bridgehead atoms. The zero-order valence-corrected chi connectivity index (χ0v) is 15.0. The number of methoxy groups -OCH3 is 1. The van der Waals surface area contributed by atoms with Crippen LogP contribution >= 0.6 is 11.8 Å². The van der Waals surface area contributed by atoms with Crippen LogP contribution in [0.2, 0.25) is 0 Å². The summed E-state index contributed by atoms with van der Waals surface area (Å²) in [5, 5.41) is 20.4. The number of rotatable bonds is 6. The van der Waals surface area contributed by atoms with E-state index in [2.05, 4.69) is 20.3 Å². The van der Waals surface area contributed by atoms with Crippen molar-refractivity contribution in [1.29, 1.82) is 0 Å². The number of ether oxygens (including phenoxy) is 1. The van der Waals surface area contributed by atoms with Gasteiger partial charge in [-0.3, -0.25) is 4.79 Å². The zero-order valence-electron chi connectivity index (χ0n) is 14.2. The smallest absolute Gasteiger partial charge is 0.337 e. The minimum absolute atomic E-state index is 0.0332. The van der Waals surface area contributed by atoms with Gasteiger partial charge in [0.2, 0.25) is 5.91 Å². The van der Waals surface area contributed by atoms with Crippen molar-refractivity contribution >= 4 is 29.3 Å². The van der Waals surface area contributed by atoms with Gasteiger partial charge in [-0.1, -0.05) is 23.9 Å². The number of carbonyl (C=O) groups excluding carboxylic acids is 2. The van der Waals surface area contributed by atoms with E-state index in [1.54, 1.807) is 42.5 Å². The number of hydrogen-bond acceptors (Lipinski definition) is 8. The Bertz CT molecular complexity index is 956. The monoisotopic (exact) mass is 385 g/mol. The molecular formula is C18H15N3O5S. The lowest BCUT2D eigenvalue weighted by Crippen LogP contribution is -2.14. The Morgan fingerprint density at radius 2 is 1.89 bits per heavy atom. The molecule has 27 heavy (non-hydrogen) atoms. The van der Waals surface area contributed by atoms with E-state index in [4.69, 9.17) is 4.42 Å². The number of esters is 1. The number of carbonyl (C=O) groups is 2. The molecule has 0 radical (unpaired) electrons. The number of nitrogens with zero attached hydrogens (tertiary/aromatic N) is 2. The van der Waals surface area contributed by atoms with Crippen LogP contribution in [0.25, 0.3) is 11.5 Å². The first-order chi connectivity index (χ1) is 13.1. The third kappa shape index (κ3) is 4.64. The summed E-state index contributed by atoms with van der Waals surface area (Å²) in [7, 11) is 1.30. The van der Waals surface area contributed by atoms with Gasteiger partial charge in [0, 0.05) is 5.69 Å². The lowest BCUT2D eigenvalue weighted by atomic mass is 10.2. The molecule has 0 aliphatic rings. The van der Waals surface area contributed by atoms with Crippen LogP contribution < -0.4 is 5.32 Å². The predicted molar refractivity (Wildman–Crippen MR) is 98.5 cm³/mol. The summed E-state index contributed by atoms with van der Waals surface area (Å²) in [6, 6.07) is 12.9. The fraction of sp³-hybridized carbons (Fsp3) is 0.111. The summed E-state index contributed by atoms with van der Waals surface area (Å²) >= 11 is 1.07. The van der Waals surface area contributed by atoms with Crippen LogP contribution in [0.1, 0.15) is 10.4 Å². The highest BCUT2D eigenvalue weighted by Crippen LogP contribution is 2.29. The molecular weight excluding hydrogens is 370 g/mol. The highest BCUT2D eigenvalue weighted by Gasteiger charge is 2.14. The number of hydrogen-bond donors (Lipinski definition) is 2. The lowest BCUT2D eigenvalue weighted by Gasteiger charge is -2.05. The number of aromatic nitrogens is 2. The van der Waals surface area contributed by atoms with Gasteiger partial charge < -0.3 is 19.6 Å². The Labute approximate surface area is 158 Å². The molecule has 2 aromatic carbocycles. The van der Waals surface area contributed by atoms with Crippen LogP contribution in [0.15, 0.2) is 58.2 Å². The summed E-state index contributed by atoms with van der Waals surface area (Å²) in [4.78, 5) is 23.4. The molecule has 9 heteroatoms. The lowest BCUT2D eigenvalue weighted by molar-refractivity contribution is -0.113. The number of para-hydroxylation sites is 1. The van der Waals surface area contributed by atoms with Crippen molar-refractivity contribution < 1.29 is 23.8 Å². The summed E-state index contributed by atoms with van der Waals surface area (Å²) in [5.74, 6) is -0.449. The van der Waals surface area contributed by atoms with Gasteiger partial charge in [-0.25, -0.2) is 4.79 Å². The molecule has 0 aliphatic carbocycles. The topological polar surface area (TPSA) is 115 Å². The number of phenols is 1. The van der Waals surface area contributed by atoms with Crippen molar-refractivity contribution in [3.63, 3.8) is 0 Å². The van der Waals surface area contributed by atoms with E-state index in [1.165, 1.54) is 13.2 Å². The number of thioether (sulfide) groups is 1. The van der Waals surface area contributed by atoms with E-state index in [0.717, 1.165) is 11.8 Å². The zero-order chi connectivity index (χ0) is 19.2. The molecule has 2 N–H and O–H groups in total. The van der Waals surface area contributed by atoms with Crippen molar-refractivity contribution in [1.82, 2.24) is 10.2 Å². The summed E-state index contributed by atoms with van der Waals surface area (Å²) < 4.78 is 10.1. The molecule has 0 unspecified atom stereocenters. The maximum absolute atomic E-state index is 12.0. The van der Waals surface area contributed by atoms with E-state index >= 15 is 0 Å². The largest absolute Gasteiger partial charge is 0.507 e. The molecule has 0 aliphatic heterocycles. The molecule has 1 amide bonds. The second-order valence-electron chi connectivity index (χ2n) is 5.30. The first-order valence-electron chi connectivity index (χ1n) is 7.79. The van der Waals surface area contributed by atoms with Crippen LogP contribution in [0.5, 0.6) is 5.75 Å². The standard InChI is InChI=1S/C18H15N3O5S/c1-25-17(24)11-6-8-12(9-7-11)19-15(23)10-27-18-21-20-16(26-18)13-4-2-3-5-14(13)22/h2-9,22H,10H2,1H3,(H,19,23). The Morgan fingerprint density at radius 3 is 2.59 bits per heavy atom. The summed E-state index contributed by atoms with van der Waals surface area (Å²) in [5.41, 5.74) is 1.37. The van der Waals surface area contributed by atoms with Gasteiger partial charge in [-0.2, -0.15) is 0 Å². The maximum atomic E-state index is 12.0. The van der Waals surface area contributed by atoms with Gasteiger partial charge >= 0.3 is 5.97 Å². The average molecular weight is 385 g/mol. The van der Waals surface area contributed by atoms with Crippen molar-refractivity contribution in [2.45, 2.75) is 5.22 Å². The van der Waals surface area contributed by atoms with E-state index in [0.29, 0.717) is 16.8 Å². The van der Waals surface area contributed by atoms with Crippen molar-refractivity contribution in [2.75, 3.05) is 18.2 Å². The number of nitrogens with one attached hydrogen (secondary N) is 1. The van der Waals surface area contributed by atoms with Gasteiger partial charge in [-0.15, -0.1) is 10.2 Å². The average Bonchev–Trinajstić information content (AvgIpc) is 3.15. The quantitative estimate of drug-likeness (QED) is 0.492. The van der Waals surface area contributed by atoms with Gasteiger partial charge in [0.15, 0.2) is 0 Å². The van der Waals surface area contributed by atoms with Gasteiger partial charge in [0.25, 0.3) is 11.1 Å². The molecule has 3 rings (SSSR count). The molecule has 1 heterocycles. The summed E-state index contributed by atoms with van der Waals surface area (Å²) in [6.07, 6.45) is 0. The molecule has 0 spiro atoms. The minimum atomic E-state index is -0.444. The van der Waals surface area contributed by atoms with E-state index in [9.17, 15) is 14.7 Å². The predicted octanol–water partition coefficient (Wildman–Crippen LogP) is 2.96. The van der Waals surface area contributed by atoms with E-state index in [-0.39, 0.29) is 28.5 Å². The second kappa shape index (κ2) is 8.37. The third-order valence-electron chi connectivity index (χ3n) is 3.46. The van der Waals surface area contributed by atoms with Crippen LogP contribution in [-0.2, 0) is 9.53 Å². The number of anilines is 1. The van der Waals surface area contributed by atoms with E-state index in [1.807, 2.05) is 0 Å². The highest BCUT2D eigenvalue weighted by molar-refractivity contribution is 7.99. The van der Waals surface area contributed by atoms with Crippen LogP contribution in [0, 0.1) is 0 Å². The molecule has 0 saturated heterocycles. The molecule has 0 saturated carbocycles. The first kappa shape index (κ1) is 18.5. The van der Waals surface area contributed by atoms with Crippen molar-refractivity contribution in [3.8, 4) is 17.2 Å². The first-order valence-corrected chi connectivity index (χ1v) is 8.78. The Balaban J connectivity index is 1.55. The SMILES string of the molecule is COC(=O)c1ccc(NC(=O)CSc2nnc(-c3ccccc3O)o2)cc1. The molecule has 0 atom stereocenters. The number of benzene rings is 2. The van der Waals surface area contributed by atoms with Crippen LogP contribution in [0.4, 0.5) is 5.69 Å². The number of phenolic OH excluding ortho intramolecular Hbond substituents is 1. The molecule has 8 nitrogen and oxygen atoms in total.